The Hall–Kier alpha value is -0.820. The van der Waals surface area contributed by atoms with Crippen LogP contribution in [-0.4, -0.2) is 27.9 Å². The molecule has 0 N–H and O–H groups in total. The maximum Gasteiger partial charge on any atom is 0.173 e. The molecule has 8 heteroatoms. The van der Waals surface area contributed by atoms with E-state index in [0.717, 1.165) is 15.7 Å². The minimum atomic E-state index is 0.529. The molecule has 0 aliphatic heterocycles. The molecular formula is C8H9N5S3. The molecule has 0 fully saturated rings. The molecule has 2 heterocycles. The lowest BCUT2D eigenvalue weighted by Gasteiger charge is -1.92. The third kappa shape index (κ3) is 2.46. The zero-order valence-electron chi connectivity index (χ0n) is 8.53. The van der Waals surface area contributed by atoms with Gasteiger partial charge in [0.1, 0.15) is 4.83 Å². The van der Waals surface area contributed by atoms with E-state index in [1.165, 1.54) is 4.21 Å². The van der Waals surface area contributed by atoms with Crippen molar-refractivity contribution in [3.05, 3.63) is 22.8 Å². The van der Waals surface area contributed by atoms with Gasteiger partial charge in [0.05, 0.1) is 10.4 Å². The predicted octanol–water partition coefficient (Wildman–Crippen LogP) is 3.52. The van der Waals surface area contributed by atoms with E-state index in [2.05, 4.69) is 25.6 Å². The molecule has 0 unspecified atom stereocenters. The lowest BCUT2D eigenvalue weighted by molar-refractivity contribution is 0.962. The van der Waals surface area contributed by atoms with Crippen molar-refractivity contribution in [2.45, 2.75) is 9.37 Å². The Morgan fingerprint density at radius 2 is 2.56 bits per heavy atom. The van der Waals surface area contributed by atoms with Crippen LogP contribution in [0.2, 0.25) is 0 Å². The zero-order chi connectivity index (χ0) is 11.4. The van der Waals surface area contributed by atoms with Crippen molar-refractivity contribution in [1.82, 2.24) is 9.38 Å². The first-order valence-corrected chi connectivity index (χ1v) is 7.52. The van der Waals surface area contributed by atoms with Crippen LogP contribution in [0.25, 0.3) is 15.3 Å². The van der Waals surface area contributed by atoms with Crippen molar-refractivity contribution in [2.75, 3.05) is 18.6 Å². The highest BCUT2D eigenvalue weighted by atomic mass is 32.2. The van der Waals surface area contributed by atoms with Crippen LogP contribution in [0.5, 0.6) is 0 Å². The van der Waals surface area contributed by atoms with Gasteiger partial charge in [-0.15, -0.1) is 23.1 Å². The fraction of sp³-hybridized carbons (Fsp3) is 0.375. The number of aromatic nitrogens is 2. The van der Waals surface area contributed by atoms with E-state index >= 15 is 0 Å². The summed E-state index contributed by atoms with van der Waals surface area (Å²) in [6.45, 7) is 0.529. The summed E-state index contributed by atoms with van der Waals surface area (Å²) >= 11 is 5.05. The van der Waals surface area contributed by atoms with Crippen LogP contribution in [-0.2, 0) is 0 Å². The minimum absolute atomic E-state index is 0.529. The van der Waals surface area contributed by atoms with Gasteiger partial charge in [0.25, 0.3) is 0 Å². The molecular weight excluding hydrogens is 262 g/mol. The van der Waals surface area contributed by atoms with Crippen molar-refractivity contribution < 1.29 is 0 Å². The summed E-state index contributed by atoms with van der Waals surface area (Å²) in [5.74, 6) is 0.815. The van der Waals surface area contributed by atoms with Gasteiger partial charge in [-0.05, 0) is 11.8 Å². The number of thiazole rings is 1. The van der Waals surface area contributed by atoms with Gasteiger partial charge >= 0.3 is 0 Å². The van der Waals surface area contributed by atoms with E-state index in [1.807, 2.05) is 12.5 Å². The number of rotatable bonds is 5. The number of hydrogen-bond acceptors (Lipinski definition) is 5. The number of fused-ring (bicyclic) bond motifs is 1. The largest absolute Gasteiger partial charge is 0.284 e. The highest BCUT2D eigenvalue weighted by Crippen LogP contribution is 2.30. The van der Waals surface area contributed by atoms with Crippen molar-refractivity contribution >= 4 is 39.7 Å². The second-order valence-electron chi connectivity index (χ2n) is 2.81. The summed E-state index contributed by atoms with van der Waals surface area (Å²) in [7, 11) is 0. The molecule has 0 saturated heterocycles. The molecule has 0 aliphatic carbocycles. The summed E-state index contributed by atoms with van der Waals surface area (Å²) in [6.07, 6.45) is 5.98. The SMILES string of the molecule is CSc1ncc2sc(SCCN=[N+]=[N-])cn12. The molecule has 5 nitrogen and oxygen atoms in total. The number of nitrogens with zero attached hydrogens (tertiary/aromatic N) is 5. The Balaban J connectivity index is 2.07. The Labute approximate surface area is 105 Å². The van der Waals surface area contributed by atoms with E-state index in [0.29, 0.717) is 6.54 Å². The summed E-state index contributed by atoms with van der Waals surface area (Å²) in [5.41, 5.74) is 8.15. The molecule has 2 rings (SSSR count). The van der Waals surface area contributed by atoms with Crippen LogP contribution in [0.1, 0.15) is 0 Å². The minimum Gasteiger partial charge on any atom is -0.284 e. The third-order valence-electron chi connectivity index (χ3n) is 1.85. The first kappa shape index (κ1) is 11.7. The monoisotopic (exact) mass is 271 g/mol. The number of thioether (sulfide) groups is 2. The van der Waals surface area contributed by atoms with Gasteiger partial charge < -0.3 is 0 Å². The highest BCUT2D eigenvalue weighted by Gasteiger charge is 2.06. The summed E-state index contributed by atoms with van der Waals surface area (Å²) < 4.78 is 3.31. The predicted molar refractivity (Wildman–Crippen MR) is 69.6 cm³/mol. The molecule has 0 atom stereocenters. The molecule has 0 amide bonds. The molecule has 0 aliphatic rings. The van der Waals surface area contributed by atoms with E-state index in [1.54, 1.807) is 34.9 Å². The molecule has 0 saturated carbocycles. The maximum absolute atomic E-state index is 8.15. The molecule has 16 heavy (non-hydrogen) atoms. The zero-order valence-corrected chi connectivity index (χ0v) is 11.0. The number of azide groups is 1. The van der Waals surface area contributed by atoms with Gasteiger partial charge in [-0.25, -0.2) is 4.98 Å². The summed E-state index contributed by atoms with van der Waals surface area (Å²) in [6, 6.07) is 0. The van der Waals surface area contributed by atoms with Crippen LogP contribution in [0.15, 0.2) is 26.9 Å². The lowest BCUT2D eigenvalue weighted by Crippen LogP contribution is -1.82. The lowest BCUT2D eigenvalue weighted by atomic mass is 10.8. The highest BCUT2D eigenvalue weighted by molar-refractivity contribution is 8.01. The topological polar surface area (TPSA) is 66.1 Å². The molecule has 84 valence electrons. The number of hydrogen-bond donors (Lipinski definition) is 0. The summed E-state index contributed by atoms with van der Waals surface area (Å²) in [4.78, 5) is 8.16. The van der Waals surface area contributed by atoms with Gasteiger partial charge in [-0.2, -0.15) is 0 Å². The Morgan fingerprint density at radius 1 is 1.69 bits per heavy atom. The average molecular weight is 271 g/mol. The molecule has 0 radical (unpaired) electrons. The summed E-state index contributed by atoms with van der Waals surface area (Å²) in [5, 5.41) is 4.51. The van der Waals surface area contributed by atoms with Crippen LogP contribution >= 0.6 is 34.9 Å². The van der Waals surface area contributed by atoms with E-state index in [-0.39, 0.29) is 0 Å². The molecule has 2 aromatic heterocycles. The quantitative estimate of drug-likeness (QED) is 0.275. The first-order chi connectivity index (χ1) is 7.85. The first-order valence-electron chi connectivity index (χ1n) is 4.49. The van der Waals surface area contributed by atoms with Gasteiger partial charge in [0.2, 0.25) is 0 Å². The van der Waals surface area contributed by atoms with Crippen LogP contribution in [0, 0.1) is 0 Å². The Morgan fingerprint density at radius 3 is 3.31 bits per heavy atom. The smallest absolute Gasteiger partial charge is 0.173 e. The normalized spacial score (nSPS) is 10.6. The van der Waals surface area contributed by atoms with Gasteiger partial charge in [-0.1, -0.05) is 16.9 Å². The maximum atomic E-state index is 8.15. The fourth-order valence-electron chi connectivity index (χ4n) is 1.21. The Kier molecular flexibility index (Phi) is 4.00. The van der Waals surface area contributed by atoms with Crippen molar-refractivity contribution in [3.63, 3.8) is 0 Å². The molecule has 0 aromatic carbocycles. The van der Waals surface area contributed by atoms with Gasteiger partial charge in [0, 0.05) is 23.4 Å². The van der Waals surface area contributed by atoms with Crippen molar-refractivity contribution in [3.8, 4) is 0 Å². The van der Waals surface area contributed by atoms with Crippen molar-refractivity contribution in [2.24, 2.45) is 5.11 Å². The van der Waals surface area contributed by atoms with Crippen LogP contribution in [0.3, 0.4) is 0 Å². The standard InChI is InChI=1S/C8H9N5S3/c1-14-8-10-4-6-13(8)5-7(16-6)15-3-2-11-12-9/h4-5H,2-3H2,1H3. The fourth-order valence-corrected chi connectivity index (χ4v) is 3.77. The Bertz CT molecular complexity index is 525. The van der Waals surface area contributed by atoms with Crippen LogP contribution < -0.4 is 0 Å². The molecule has 0 spiro atoms. The number of imidazole rings is 1. The van der Waals surface area contributed by atoms with Crippen LogP contribution in [0.4, 0.5) is 0 Å². The van der Waals surface area contributed by atoms with Crippen molar-refractivity contribution in [1.29, 1.82) is 0 Å². The van der Waals surface area contributed by atoms with E-state index < -0.39 is 0 Å². The molecule has 2 aromatic rings. The van der Waals surface area contributed by atoms with E-state index in [4.69, 9.17) is 5.53 Å². The second kappa shape index (κ2) is 5.49. The van der Waals surface area contributed by atoms with E-state index in [9.17, 15) is 0 Å². The molecule has 0 bridgehead atoms. The average Bonchev–Trinajstić information content (AvgIpc) is 2.83. The van der Waals surface area contributed by atoms with Gasteiger partial charge in [0.15, 0.2) is 5.16 Å². The third-order valence-corrected chi connectivity index (χ3v) is 4.72. The second-order valence-corrected chi connectivity index (χ2v) is 6.04. The van der Waals surface area contributed by atoms with Gasteiger partial charge in [-0.3, -0.25) is 4.40 Å².